The highest BCUT2D eigenvalue weighted by Gasteiger charge is 2.30. The number of carbonyl (C=O) groups excluding carboxylic acids is 1. The molecule has 2 heterocycles. The van der Waals surface area contributed by atoms with Crippen LogP contribution in [0.3, 0.4) is 0 Å². The second-order valence-corrected chi connectivity index (χ2v) is 3.99. The molecule has 7 nitrogen and oxygen atoms in total. The number of hydrogen-bond donors (Lipinski definition) is 1. The second-order valence-electron chi connectivity index (χ2n) is 3.99. The number of hydrogen-bond acceptors (Lipinski definition) is 5. The van der Waals surface area contributed by atoms with Crippen molar-refractivity contribution < 1.29 is 14.6 Å². The molecule has 2 rings (SSSR count). The van der Waals surface area contributed by atoms with Crippen LogP contribution in [0.5, 0.6) is 0 Å². The summed E-state index contributed by atoms with van der Waals surface area (Å²) in [6.07, 6.45) is 2.91. The maximum absolute atomic E-state index is 12.2. The molecule has 1 fully saturated rings. The molecule has 2 atom stereocenters. The Morgan fingerprint density at radius 2 is 2.53 bits per heavy atom. The molecule has 1 aromatic heterocycles. The van der Waals surface area contributed by atoms with E-state index in [-0.39, 0.29) is 18.6 Å². The topological polar surface area (TPSA) is 80.5 Å². The quantitative estimate of drug-likeness (QED) is 0.737. The predicted molar refractivity (Wildman–Crippen MR) is 58.1 cm³/mol. The van der Waals surface area contributed by atoms with Crippen molar-refractivity contribution in [1.29, 1.82) is 0 Å². The van der Waals surface area contributed by atoms with Gasteiger partial charge in [-0.2, -0.15) is 5.10 Å². The van der Waals surface area contributed by atoms with Gasteiger partial charge in [-0.25, -0.2) is 9.67 Å². The Balaban J connectivity index is 2.07. The Morgan fingerprint density at radius 3 is 3.18 bits per heavy atom. The lowest BCUT2D eigenvalue weighted by atomic mass is 10.2. The fourth-order valence-corrected chi connectivity index (χ4v) is 1.87. The largest absolute Gasteiger partial charge is 0.394 e. The number of aromatic nitrogens is 3. The number of carbonyl (C=O) groups is 1. The van der Waals surface area contributed by atoms with Gasteiger partial charge in [-0.05, 0) is 6.92 Å². The van der Waals surface area contributed by atoms with E-state index in [1.54, 1.807) is 11.8 Å². The molecule has 0 aliphatic carbocycles. The fraction of sp³-hybridized carbons (Fsp3) is 0.700. The fourth-order valence-electron chi connectivity index (χ4n) is 1.87. The van der Waals surface area contributed by atoms with Gasteiger partial charge < -0.3 is 14.7 Å². The Hall–Kier alpha value is -1.47. The highest BCUT2D eigenvalue weighted by Crippen LogP contribution is 2.14. The van der Waals surface area contributed by atoms with Crippen LogP contribution in [0.4, 0.5) is 0 Å². The number of aliphatic hydroxyl groups excluding tert-OH is 1. The zero-order chi connectivity index (χ0) is 12.3. The van der Waals surface area contributed by atoms with E-state index in [0.29, 0.717) is 19.8 Å². The zero-order valence-corrected chi connectivity index (χ0v) is 9.69. The van der Waals surface area contributed by atoms with Gasteiger partial charge in [0.1, 0.15) is 18.7 Å². The van der Waals surface area contributed by atoms with Crippen molar-refractivity contribution in [3.63, 3.8) is 0 Å². The number of aliphatic hydroxyl groups is 1. The van der Waals surface area contributed by atoms with Gasteiger partial charge in [-0.15, -0.1) is 0 Å². The molecule has 7 heteroatoms. The van der Waals surface area contributed by atoms with Crippen LogP contribution in [0.15, 0.2) is 12.7 Å². The lowest BCUT2D eigenvalue weighted by molar-refractivity contribution is -0.145. The molecule has 0 radical (unpaired) electrons. The Bertz CT molecular complexity index is 368. The van der Waals surface area contributed by atoms with E-state index in [1.165, 1.54) is 17.3 Å². The van der Waals surface area contributed by atoms with Gasteiger partial charge in [0.15, 0.2) is 0 Å². The summed E-state index contributed by atoms with van der Waals surface area (Å²) in [6.45, 7) is 3.07. The molecule has 0 saturated carbocycles. The molecule has 94 valence electrons. The molecular formula is C10H16N4O3. The lowest BCUT2D eigenvalue weighted by Gasteiger charge is -2.35. The molecule has 1 aliphatic heterocycles. The third-order valence-corrected chi connectivity index (χ3v) is 2.91. The van der Waals surface area contributed by atoms with Crippen molar-refractivity contribution in [3.8, 4) is 0 Å². The Labute approximate surface area is 99.0 Å². The summed E-state index contributed by atoms with van der Waals surface area (Å²) in [5.41, 5.74) is 0. The summed E-state index contributed by atoms with van der Waals surface area (Å²) in [6, 6.07) is -0.674. The minimum atomic E-state index is -0.412. The van der Waals surface area contributed by atoms with Crippen LogP contribution in [0, 0.1) is 0 Å². The first-order valence-electron chi connectivity index (χ1n) is 5.57. The number of nitrogens with zero attached hydrogens (tertiary/aromatic N) is 4. The summed E-state index contributed by atoms with van der Waals surface area (Å²) >= 11 is 0. The summed E-state index contributed by atoms with van der Waals surface area (Å²) in [7, 11) is 0. The van der Waals surface area contributed by atoms with Gasteiger partial charge in [0.05, 0.1) is 25.9 Å². The molecule has 2 unspecified atom stereocenters. The summed E-state index contributed by atoms with van der Waals surface area (Å²) in [5, 5.41) is 13.2. The second kappa shape index (κ2) is 5.24. The maximum atomic E-state index is 12.2. The summed E-state index contributed by atoms with van der Waals surface area (Å²) < 4.78 is 6.74. The van der Waals surface area contributed by atoms with E-state index >= 15 is 0 Å². The molecule has 1 N–H and O–H groups in total. The van der Waals surface area contributed by atoms with Crippen molar-refractivity contribution >= 4 is 5.91 Å². The molecular weight excluding hydrogens is 224 g/mol. The number of ether oxygens (including phenoxy) is 1. The van der Waals surface area contributed by atoms with Gasteiger partial charge in [0, 0.05) is 6.54 Å². The molecule has 1 saturated heterocycles. The van der Waals surface area contributed by atoms with Gasteiger partial charge >= 0.3 is 0 Å². The predicted octanol–water partition coefficient (Wildman–Crippen LogP) is -0.941. The summed E-state index contributed by atoms with van der Waals surface area (Å²) in [4.78, 5) is 17.7. The third kappa shape index (κ3) is 2.45. The number of morpholine rings is 1. The van der Waals surface area contributed by atoms with Crippen molar-refractivity contribution in [2.75, 3.05) is 26.4 Å². The molecule has 1 amide bonds. The van der Waals surface area contributed by atoms with Crippen LogP contribution >= 0.6 is 0 Å². The van der Waals surface area contributed by atoms with Gasteiger partial charge in [0.25, 0.3) is 0 Å². The number of rotatable bonds is 3. The normalized spacial score (nSPS) is 22.5. The minimum Gasteiger partial charge on any atom is -0.394 e. The molecule has 17 heavy (non-hydrogen) atoms. The smallest absolute Gasteiger partial charge is 0.247 e. The van der Waals surface area contributed by atoms with E-state index in [0.717, 1.165) is 0 Å². The lowest BCUT2D eigenvalue weighted by Crippen LogP contribution is -2.52. The van der Waals surface area contributed by atoms with E-state index in [9.17, 15) is 9.90 Å². The van der Waals surface area contributed by atoms with E-state index in [4.69, 9.17) is 4.74 Å². The van der Waals surface area contributed by atoms with Crippen LogP contribution in [-0.2, 0) is 9.53 Å². The van der Waals surface area contributed by atoms with Crippen molar-refractivity contribution in [1.82, 2.24) is 19.7 Å². The van der Waals surface area contributed by atoms with E-state index in [1.807, 2.05) is 0 Å². The number of amides is 1. The molecule has 1 aromatic rings. The standard InChI is InChI=1S/C10H16N4O3/c1-8(14-7-11-6-12-14)10(16)13-2-3-17-5-9(13)4-15/h6-9,15H,2-5H2,1H3. The van der Waals surface area contributed by atoms with Crippen molar-refractivity contribution in [3.05, 3.63) is 12.7 Å². The molecule has 0 bridgehead atoms. The highest BCUT2D eigenvalue weighted by atomic mass is 16.5. The van der Waals surface area contributed by atoms with Crippen molar-refractivity contribution in [2.45, 2.75) is 19.0 Å². The minimum absolute atomic E-state index is 0.0714. The van der Waals surface area contributed by atoms with Gasteiger partial charge in [-0.3, -0.25) is 4.79 Å². The first-order chi connectivity index (χ1) is 8.24. The van der Waals surface area contributed by atoms with Gasteiger partial charge in [0.2, 0.25) is 5.91 Å². The van der Waals surface area contributed by atoms with Gasteiger partial charge in [-0.1, -0.05) is 0 Å². The Morgan fingerprint density at radius 1 is 1.71 bits per heavy atom. The molecule has 1 aliphatic rings. The maximum Gasteiger partial charge on any atom is 0.247 e. The first-order valence-corrected chi connectivity index (χ1v) is 5.57. The average molecular weight is 240 g/mol. The van der Waals surface area contributed by atoms with E-state index < -0.39 is 6.04 Å². The van der Waals surface area contributed by atoms with Crippen LogP contribution in [0.25, 0.3) is 0 Å². The third-order valence-electron chi connectivity index (χ3n) is 2.91. The van der Waals surface area contributed by atoms with Crippen LogP contribution in [0.2, 0.25) is 0 Å². The van der Waals surface area contributed by atoms with Crippen molar-refractivity contribution in [2.24, 2.45) is 0 Å². The van der Waals surface area contributed by atoms with Crippen LogP contribution < -0.4 is 0 Å². The van der Waals surface area contributed by atoms with Crippen LogP contribution in [-0.4, -0.2) is 63.1 Å². The first kappa shape index (κ1) is 12.0. The average Bonchev–Trinajstić information content (AvgIpc) is 2.90. The van der Waals surface area contributed by atoms with E-state index in [2.05, 4.69) is 10.1 Å². The molecule has 0 aromatic carbocycles. The molecule has 0 spiro atoms. The van der Waals surface area contributed by atoms with Crippen LogP contribution in [0.1, 0.15) is 13.0 Å². The summed E-state index contributed by atoms with van der Waals surface area (Å²) in [5.74, 6) is -0.0714. The highest BCUT2D eigenvalue weighted by molar-refractivity contribution is 5.80. The SMILES string of the molecule is CC(C(=O)N1CCOCC1CO)n1cncn1. The monoisotopic (exact) mass is 240 g/mol. The zero-order valence-electron chi connectivity index (χ0n) is 9.69. The Kier molecular flexibility index (Phi) is 3.70.